The van der Waals surface area contributed by atoms with Gasteiger partial charge in [-0.05, 0) is 24.3 Å². The second-order valence-electron chi connectivity index (χ2n) is 6.17. The number of nitrogens with zero attached hydrogens (tertiary/aromatic N) is 5. The van der Waals surface area contributed by atoms with Crippen LogP contribution in [0.2, 0.25) is 0 Å². The average Bonchev–Trinajstić information content (AvgIpc) is 3.20. The standard InChI is InChI=1S/C18H12F3N7O3/c1-31-14-5-4-13(26-27-14)28-15(18(19,20)21)11(7-24-28)17(30)25-9-2-3-12-10(6-9)16(29)23-8-22-12/h2-8H,1H3,(H,25,30)(H,22,23,29). The first kappa shape index (κ1) is 20.0. The summed E-state index contributed by atoms with van der Waals surface area (Å²) >= 11 is 0. The molecule has 0 radical (unpaired) electrons. The van der Waals surface area contributed by atoms with Gasteiger partial charge in [-0.15, -0.1) is 10.2 Å². The third-order valence-electron chi connectivity index (χ3n) is 4.23. The van der Waals surface area contributed by atoms with E-state index in [-0.39, 0.29) is 22.8 Å². The molecular formula is C18H12F3N7O3. The summed E-state index contributed by atoms with van der Waals surface area (Å²) in [6.45, 7) is 0. The van der Waals surface area contributed by atoms with Crippen LogP contribution in [0.4, 0.5) is 18.9 Å². The molecule has 0 spiro atoms. The number of amides is 1. The summed E-state index contributed by atoms with van der Waals surface area (Å²) in [5.74, 6) is -1.22. The van der Waals surface area contributed by atoms with E-state index in [9.17, 15) is 22.8 Å². The Morgan fingerprint density at radius 3 is 2.68 bits per heavy atom. The highest BCUT2D eigenvalue weighted by atomic mass is 19.4. The second-order valence-corrected chi connectivity index (χ2v) is 6.17. The second kappa shape index (κ2) is 7.51. The molecule has 0 bridgehead atoms. The number of H-pyrrole nitrogens is 1. The molecule has 31 heavy (non-hydrogen) atoms. The van der Waals surface area contributed by atoms with Gasteiger partial charge in [-0.25, -0.2) is 9.67 Å². The van der Waals surface area contributed by atoms with Crippen LogP contribution in [0.5, 0.6) is 5.88 Å². The summed E-state index contributed by atoms with van der Waals surface area (Å²) in [4.78, 5) is 30.9. The molecule has 158 valence electrons. The lowest BCUT2D eigenvalue weighted by Crippen LogP contribution is -2.21. The van der Waals surface area contributed by atoms with Gasteiger partial charge < -0.3 is 15.0 Å². The van der Waals surface area contributed by atoms with E-state index in [4.69, 9.17) is 4.74 Å². The molecule has 0 aliphatic carbocycles. The maximum atomic E-state index is 13.8. The number of halogens is 3. The normalized spacial score (nSPS) is 11.5. The number of carbonyl (C=O) groups excluding carboxylic acids is 1. The zero-order valence-corrected chi connectivity index (χ0v) is 15.6. The first-order chi connectivity index (χ1) is 14.8. The lowest BCUT2D eigenvalue weighted by Gasteiger charge is -2.12. The molecule has 2 N–H and O–H groups in total. The number of nitrogens with one attached hydrogen (secondary N) is 2. The minimum absolute atomic E-state index is 0.100. The van der Waals surface area contributed by atoms with E-state index >= 15 is 0 Å². The first-order valence-electron chi connectivity index (χ1n) is 8.60. The van der Waals surface area contributed by atoms with Crippen molar-refractivity contribution in [2.45, 2.75) is 6.18 Å². The molecule has 1 amide bonds. The van der Waals surface area contributed by atoms with Crippen LogP contribution in [0.15, 0.2) is 47.7 Å². The Balaban J connectivity index is 1.72. The fourth-order valence-corrected chi connectivity index (χ4v) is 2.84. The topological polar surface area (TPSA) is 128 Å². The molecule has 0 aliphatic rings. The highest BCUT2D eigenvalue weighted by Gasteiger charge is 2.41. The fourth-order valence-electron chi connectivity index (χ4n) is 2.84. The smallest absolute Gasteiger partial charge is 0.434 e. The maximum Gasteiger partial charge on any atom is 0.434 e. The molecule has 4 aromatic rings. The largest absolute Gasteiger partial charge is 0.480 e. The van der Waals surface area contributed by atoms with Crippen molar-refractivity contribution < 1.29 is 22.7 Å². The van der Waals surface area contributed by atoms with Crippen LogP contribution in [-0.2, 0) is 6.18 Å². The number of alkyl halides is 3. The Kier molecular flexibility index (Phi) is 4.85. The third-order valence-corrected chi connectivity index (χ3v) is 4.23. The van der Waals surface area contributed by atoms with E-state index in [0.717, 1.165) is 6.20 Å². The number of aromatic nitrogens is 6. The van der Waals surface area contributed by atoms with E-state index in [1.54, 1.807) is 0 Å². The molecule has 13 heteroatoms. The van der Waals surface area contributed by atoms with Gasteiger partial charge in [0.2, 0.25) is 5.88 Å². The SMILES string of the molecule is COc1ccc(-n2ncc(C(=O)Nc3ccc4nc[nH]c(=O)c4c3)c2C(F)(F)F)nn1. The number of aromatic amines is 1. The van der Waals surface area contributed by atoms with Crippen LogP contribution in [0.25, 0.3) is 16.7 Å². The zero-order chi connectivity index (χ0) is 22.2. The van der Waals surface area contributed by atoms with Crippen LogP contribution in [0.3, 0.4) is 0 Å². The van der Waals surface area contributed by atoms with Crippen molar-refractivity contribution in [3.8, 4) is 11.7 Å². The molecule has 1 aromatic carbocycles. The number of hydrogen-bond acceptors (Lipinski definition) is 7. The van der Waals surface area contributed by atoms with Crippen molar-refractivity contribution in [3.63, 3.8) is 0 Å². The van der Waals surface area contributed by atoms with Crippen molar-refractivity contribution in [1.82, 2.24) is 29.9 Å². The Bertz CT molecular complexity index is 1330. The number of ether oxygens (including phenoxy) is 1. The summed E-state index contributed by atoms with van der Waals surface area (Å²) in [6.07, 6.45) is -2.93. The first-order valence-corrected chi connectivity index (χ1v) is 8.60. The maximum absolute atomic E-state index is 13.8. The molecule has 10 nitrogen and oxygen atoms in total. The quantitative estimate of drug-likeness (QED) is 0.507. The summed E-state index contributed by atoms with van der Waals surface area (Å²) in [5, 5.41) is 13.4. The molecule has 3 heterocycles. The highest BCUT2D eigenvalue weighted by Crippen LogP contribution is 2.33. The van der Waals surface area contributed by atoms with Crippen LogP contribution < -0.4 is 15.6 Å². The zero-order valence-electron chi connectivity index (χ0n) is 15.6. The van der Waals surface area contributed by atoms with Gasteiger partial charge in [0.1, 0.15) is 0 Å². The van der Waals surface area contributed by atoms with Gasteiger partial charge in [-0.1, -0.05) is 0 Å². The monoisotopic (exact) mass is 431 g/mol. The van der Waals surface area contributed by atoms with Crippen molar-refractivity contribution in [1.29, 1.82) is 0 Å². The van der Waals surface area contributed by atoms with Gasteiger partial charge in [0.15, 0.2) is 11.5 Å². The predicted molar refractivity (Wildman–Crippen MR) is 101 cm³/mol. The van der Waals surface area contributed by atoms with E-state index in [0.29, 0.717) is 10.2 Å². The lowest BCUT2D eigenvalue weighted by atomic mass is 10.2. The van der Waals surface area contributed by atoms with Crippen molar-refractivity contribution in [3.05, 3.63) is 64.5 Å². The van der Waals surface area contributed by atoms with Gasteiger partial charge in [-0.2, -0.15) is 18.3 Å². The number of anilines is 1. The molecular weight excluding hydrogens is 419 g/mol. The molecule has 4 rings (SSSR count). The number of fused-ring (bicyclic) bond motifs is 1. The minimum Gasteiger partial charge on any atom is -0.480 e. The van der Waals surface area contributed by atoms with Crippen LogP contribution in [-0.4, -0.2) is 43.0 Å². The molecule has 0 saturated carbocycles. The Morgan fingerprint density at radius 1 is 1.19 bits per heavy atom. The van der Waals surface area contributed by atoms with E-state index in [1.165, 1.54) is 43.8 Å². The summed E-state index contributed by atoms with van der Waals surface area (Å²) in [6, 6.07) is 6.72. The Labute approximate surface area is 170 Å². The number of rotatable bonds is 4. The van der Waals surface area contributed by atoms with Crippen molar-refractivity contribution >= 4 is 22.5 Å². The van der Waals surface area contributed by atoms with Crippen LogP contribution in [0.1, 0.15) is 16.1 Å². The van der Waals surface area contributed by atoms with Gasteiger partial charge in [0.05, 0.1) is 36.1 Å². The predicted octanol–water partition coefficient (Wildman–Crippen LogP) is 2.18. The van der Waals surface area contributed by atoms with E-state index in [1.807, 2.05) is 0 Å². The summed E-state index contributed by atoms with van der Waals surface area (Å²) in [7, 11) is 1.33. The molecule has 0 unspecified atom stereocenters. The van der Waals surface area contributed by atoms with E-state index in [2.05, 4.69) is 30.6 Å². The number of hydrogen-bond donors (Lipinski definition) is 2. The van der Waals surface area contributed by atoms with E-state index < -0.39 is 28.9 Å². The van der Waals surface area contributed by atoms with Crippen molar-refractivity contribution in [2.75, 3.05) is 12.4 Å². The number of methoxy groups -OCH3 is 1. The van der Waals surface area contributed by atoms with Crippen molar-refractivity contribution in [2.24, 2.45) is 0 Å². The Hall–Kier alpha value is -4.29. The molecule has 0 fully saturated rings. The minimum atomic E-state index is -4.92. The van der Waals surface area contributed by atoms with Gasteiger partial charge in [0.25, 0.3) is 11.5 Å². The highest BCUT2D eigenvalue weighted by molar-refractivity contribution is 6.05. The van der Waals surface area contributed by atoms with Crippen LogP contribution >= 0.6 is 0 Å². The average molecular weight is 431 g/mol. The lowest BCUT2D eigenvalue weighted by molar-refractivity contribution is -0.143. The van der Waals surface area contributed by atoms with Gasteiger partial charge >= 0.3 is 6.18 Å². The number of carbonyl (C=O) groups is 1. The summed E-state index contributed by atoms with van der Waals surface area (Å²) in [5.41, 5.74) is -2.04. The molecule has 3 aromatic heterocycles. The van der Waals surface area contributed by atoms with Crippen LogP contribution in [0, 0.1) is 0 Å². The number of benzene rings is 1. The van der Waals surface area contributed by atoms with Gasteiger partial charge in [-0.3, -0.25) is 9.59 Å². The molecule has 0 aliphatic heterocycles. The van der Waals surface area contributed by atoms with Gasteiger partial charge in [0, 0.05) is 11.8 Å². The summed E-state index contributed by atoms with van der Waals surface area (Å²) < 4.78 is 46.6. The Morgan fingerprint density at radius 2 is 2.00 bits per heavy atom. The molecule has 0 saturated heterocycles. The molecule has 0 atom stereocenters. The fraction of sp³-hybridized carbons (Fsp3) is 0.111. The third kappa shape index (κ3) is 3.80.